The third-order valence-electron chi connectivity index (χ3n) is 4.78. The smallest absolute Gasteiger partial charge is 0.308 e. The third-order valence-corrected chi connectivity index (χ3v) is 4.78. The lowest BCUT2D eigenvalue weighted by molar-refractivity contribution is -0.143. The number of anilines is 1. The maximum atomic E-state index is 13.3. The fourth-order valence-corrected chi connectivity index (χ4v) is 3.27. The van der Waals surface area contributed by atoms with Gasteiger partial charge < -0.3 is 15.8 Å². The van der Waals surface area contributed by atoms with Gasteiger partial charge in [0, 0.05) is 6.42 Å². The quantitative estimate of drug-likeness (QED) is 0.627. The van der Waals surface area contributed by atoms with Crippen molar-refractivity contribution in [2.45, 2.75) is 31.8 Å². The molecular weight excluding hydrogens is 403 g/mol. The van der Waals surface area contributed by atoms with Gasteiger partial charge in [-0.1, -0.05) is 30.3 Å². The number of nitrogens with two attached hydrogens (primary N) is 1. The SMILES string of the molecule is CCOC(=O)CC(NC(=O)C1=NN(c2ccc(F)cc2)C(C(N)=O)C1)c1ccccc1. The Morgan fingerprint density at radius 3 is 2.48 bits per heavy atom. The highest BCUT2D eigenvalue weighted by atomic mass is 19.1. The van der Waals surface area contributed by atoms with Crippen molar-refractivity contribution in [1.82, 2.24) is 5.32 Å². The van der Waals surface area contributed by atoms with Crippen molar-refractivity contribution >= 4 is 29.2 Å². The van der Waals surface area contributed by atoms with E-state index >= 15 is 0 Å². The molecule has 0 bridgehead atoms. The van der Waals surface area contributed by atoms with E-state index in [-0.39, 0.29) is 25.2 Å². The highest BCUT2D eigenvalue weighted by Crippen LogP contribution is 2.25. The fraction of sp³-hybridized carbons (Fsp3) is 0.273. The minimum Gasteiger partial charge on any atom is -0.466 e. The Morgan fingerprint density at radius 1 is 1.19 bits per heavy atom. The van der Waals surface area contributed by atoms with Gasteiger partial charge in [-0.25, -0.2) is 4.39 Å². The molecule has 0 radical (unpaired) electrons. The molecule has 3 rings (SSSR count). The minimum atomic E-state index is -0.883. The van der Waals surface area contributed by atoms with E-state index in [0.717, 1.165) is 5.56 Å². The summed E-state index contributed by atoms with van der Waals surface area (Å²) in [6, 6.07) is 12.8. The first kappa shape index (κ1) is 21.9. The van der Waals surface area contributed by atoms with E-state index in [1.54, 1.807) is 31.2 Å². The summed E-state index contributed by atoms with van der Waals surface area (Å²) in [6.45, 7) is 1.93. The molecule has 0 fully saturated rings. The van der Waals surface area contributed by atoms with Crippen molar-refractivity contribution in [2.24, 2.45) is 10.8 Å². The van der Waals surface area contributed by atoms with Crippen LogP contribution in [0.2, 0.25) is 0 Å². The van der Waals surface area contributed by atoms with Gasteiger partial charge in [-0.15, -0.1) is 0 Å². The molecule has 31 heavy (non-hydrogen) atoms. The number of benzene rings is 2. The summed E-state index contributed by atoms with van der Waals surface area (Å²) in [6.07, 6.45) is -0.0722. The van der Waals surface area contributed by atoms with E-state index in [1.165, 1.54) is 29.3 Å². The van der Waals surface area contributed by atoms with Crippen LogP contribution in [0.4, 0.5) is 10.1 Å². The summed E-state index contributed by atoms with van der Waals surface area (Å²) in [5.74, 6) is -2.09. The zero-order chi connectivity index (χ0) is 22.4. The van der Waals surface area contributed by atoms with Crippen molar-refractivity contribution in [3.8, 4) is 0 Å². The molecular formula is C22H23FN4O4. The van der Waals surface area contributed by atoms with Gasteiger partial charge in [-0.3, -0.25) is 19.4 Å². The number of carbonyl (C=O) groups is 3. The standard InChI is InChI=1S/C22H23FN4O4/c1-2-31-20(28)13-17(14-6-4-3-5-7-14)25-22(30)18-12-19(21(24)29)27(26-18)16-10-8-15(23)9-11-16/h3-11,17,19H,2,12-13H2,1H3,(H2,24,29)(H,25,30). The number of hydrogen-bond donors (Lipinski definition) is 2. The van der Waals surface area contributed by atoms with Crippen molar-refractivity contribution in [2.75, 3.05) is 11.6 Å². The molecule has 1 heterocycles. The van der Waals surface area contributed by atoms with Crippen LogP contribution in [0.5, 0.6) is 0 Å². The molecule has 2 amide bonds. The molecule has 2 unspecified atom stereocenters. The highest BCUT2D eigenvalue weighted by molar-refractivity contribution is 6.40. The molecule has 3 N–H and O–H groups in total. The zero-order valence-corrected chi connectivity index (χ0v) is 17.0. The number of ether oxygens (including phenoxy) is 1. The van der Waals surface area contributed by atoms with Gasteiger partial charge in [0.25, 0.3) is 5.91 Å². The van der Waals surface area contributed by atoms with E-state index in [9.17, 15) is 18.8 Å². The average Bonchev–Trinajstić information content (AvgIpc) is 3.20. The van der Waals surface area contributed by atoms with Crippen molar-refractivity contribution < 1.29 is 23.5 Å². The van der Waals surface area contributed by atoms with Crippen molar-refractivity contribution in [1.29, 1.82) is 0 Å². The lowest BCUT2D eigenvalue weighted by Crippen LogP contribution is -2.40. The Bertz CT molecular complexity index is 979. The number of rotatable bonds is 8. The van der Waals surface area contributed by atoms with Gasteiger partial charge in [0.15, 0.2) is 0 Å². The number of amides is 2. The van der Waals surface area contributed by atoms with Crippen LogP contribution in [0.3, 0.4) is 0 Å². The average molecular weight is 426 g/mol. The first-order valence-corrected chi connectivity index (χ1v) is 9.82. The Balaban J connectivity index is 1.82. The molecule has 1 aliphatic rings. The highest BCUT2D eigenvalue weighted by Gasteiger charge is 2.35. The molecule has 2 aromatic carbocycles. The summed E-state index contributed by atoms with van der Waals surface area (Å²) in [7, 11) is 0. The van der Waals surface area contributed by atoms with Gasteiger partial charge in [0.1, 0.15) is 17.6 Å². The maximum absolute atomic E-state index is 13.3. The number of halogens is 1. The fourth-order valence-electron chi connectivity index (χ4n) is 3.27. The number of esters is 1. The Hall–Kier alpha value is -3.75. The number of nitrogens with one attached hydrogen (secondary N) is 1. The second-order valence-corrected chi connectivity index (χ2v) is 6.94. The number of primary amides is 1. The van der Waals surface area contributed by atoms with Crippen LogP contribution in [0.25, 0.3) is 0 Å². The third kappa shape index (κ3) is 5.44. The van der Waals surface area contributed by atoms with Crippen LogP contribution in [0.1, 0.15) is 31.4 Å². The van der Waals surface area contributed by atoms with Gasteiger partial charge in [0.05, 0.1) is 24.8 Å². The minimum absolute atomic E-state index is 0.0144. The molecule has 162 valence electrons. The second kappa shape index (κ2) is 9.84. The molecule has 0 spiro atoms. The predicted molar refractivity (Wildman–Crippen MR) is 112 cm³/mol. The summed E-state index contributed by atoms with van der Waals surface area (Å²) < 4.78 is 18.3. The molecule has 0 aliphatic carbocycles. The summed E-state index contributed by atoms with van der Waals surface area (Å²) in [5, 5.41) is 8.35. The zero-order valence-electron chi connectivity index (χ0n) is 17.0. The van der Waals surface area contributed by atoms with E-state index in [0.29, 0.717) is 5.69 Å². The lowest BCUT2D eigenvalue weighted by atomic mass is 10.0. The van der Waals surface area contributed by atoms with Crippen molar-refractivity contribution in [3.05, 3.63) is 66.0 Å². The van der Waals surface area contributed by atoms with E-state index in [4.69, 9.17) is 10.5 Å². The summed E-state index contributed by atoms with van der Waals surface area (Å²) >= 11 is 0. The van der Waals surface area contributed by atoms with Gasteiger partial charge in [0.2, 0.25) is 5.91 Å². The molecule has 2 atom stereocenters. The van der Waals surface area contributed by atoms with E-state index < -0.39 is 35.7 Å². The number of carbonyl (C=O) groups excluding carboxylic acids is 3. The Morgan fingerprint density at radius 2 is 1.87 bits per heavy atom. The Kier molecular flexibility index (Phi) is 6.96. The molecule has 2 aromatic rings. The van der Waals surface area contributed by atoms with Crippen LogP contribution in [-0.2, 0) is 19.1 Å². The number of hydrogen-bond acceptors (Lipinski definition) is 6. The summed E-state index contributed by atoms with van der Waals surface area (Å²) in [4.78, 5) is 36.9. The van der Waals surface area contributed by atoms with Crippen LogP contribution < -0.4 is 16.1 Å². The maximum Gasteiger partial charge on any atom is 0.308 e. The number of nitrogens with zero attached hydrogens (tertiary/aromatic N) is 2. The lowest BCUT2D eigenvalue weighted by Gasteiger charge is -2.20. The van der Waals surface area contributed by atoms with Crippen LogP contribution in [0, 0.1) is 5.82 Å². The molecule has 0 aromatic heterocycles. The molecule has 9 heteroatoms. The van der Waals surface area contributed by atoms with Gasteiger partial charge >= 0.3 is 5.97 Å². The number of hydrazone groups is 1. The van der Waals surface area contributed by atoms with Crippen LogP contribution >= 0.6 is 0 Å². The van der Waals surface area contributed by atoms with E-state index in [2.05, 4.69) is 10.4 Å². The summed E-state index contributed by atoms with van der Waals surface area (Å²) in [5.41, 5.74) is 6.73. The molecule has 0 saturated carbocycles. The first-order chi connectivity index (χ1) is 14.9. The normalized spacial score (nSPS) is 16.4. The second-order valence-electron chi connectivity index (χ2n) is 6.94. The first-order valence-electron chi connectivity index (χ1n) is 9.82. The van der Waals surface area contributed by atoms with Crippen LogP contribution in [0.15, 0.2) is 59.7 Å². The van der Waals surface area contributed by atoms with Crippen LogP contribution in [-0.4, -0.2) is 36.1 Å². The van der Waals surface area contributed by atoms with E-state index in [1.807, 2.05) is 6.07 Å². The topological polar surface area (TPSA) is 114 Å². The van der Waals surface area contributed by atoms with Gasteiger partial charge in [-0.05, 0) is 36.8 Å². The monoisotopic (exact) mass is 426 g/mol. The molecule has 8 nitrogen and oxygen atoms in total. The largest absolute Gasteiger partial charge is 0.466 e. The van der Waals surface area contributed by atoms with Gasteiger partial charge in [-0.2, -0.15) is 5.10 Å². The molecule has 0 saturated heterocycles. The van der Waals surface area contributed by atoms with Crippen molar-refractivity contribution in [3.63, 3.8) is 0 Å². The Labute approximate surface area is 178 Å². The predicted octanol–water partition coefficient (Wildman–Crippen LogP) is 2.06. The molecule has 1 aliphatic heterocycles.